The fraction of sp³-hybridized carbons (Fsp3) is 0.462. The van der Waals surface area contributed by atoms with E-state index in [2.05, 4.69) is 22.3 Å². The third kappa shape index (κ3) is 4.65. The van der Waals surface area contributed by atoms with Gasteiger partial charge in [0.2, 0.25) is 11.8 Å². The Morgan fingerprint density at radius 3 is 2.66 bits per heavy atom. The highest BCUT2D eigenvalue weighted by Crippen LogP contribution is 2.30. The van der Waals surface area contributed by atoms with Crippen LogP contribution in [0.4, 0.5) is 5.69 Å². The fourth-order valence-electron chi connectivity index (χ4n) is 4.85. The molecule has 0 saturated carbocycles. The van der Waals surface area contributed by atoms with E-state index in [1.165, 1.54) is 12.8 Å². The van der Waals surface area contributed by atoms with E-state index in [4.69, 9.17) is 4.74 Å². The van der Waals surface area contributed by atoms with E-state index < -0.39 is 0 Å². The summed E-state index contributed by atoms with van der Waals surface area (Å²) in [6.07, 6.45) is 2.61. The Balaban J connectivity index is 1.44. The van der Waals surface area contributed by atoms with Crippen LogP contribution in [0.25, 0.3) is 0 Å². The predicted octanol–water partition coefficient (Wildman–Crippen LogP) is 3.62. The van der Waals surface area contributed by atoms with E-state index in [0.29, 0.717) is 13.1 Å². The number of ether oxygens (including phenoxy) is 1. The summed E-state index contributed by atoms with van der Waals surface area (Å²) in [5.41, 5.74) is 4.30. The zero-order valence-corrected chi connectivity index (χ0v) is 19.3. The van der Waals surface area contributed by atoms with E-state index >= 15 is 0 Å². The van der Waals surface area contributed by atoms with Gasteiger partial charge in [-0.25, -0.2) is 0 Å². The van der Waals surface area contributed by atoms with Gasteiger partial charge in [-0.3, -0.25) is 14.5 Å². The molecule has 2 atom stereocenters. The lowest BCUT2D eigenvalue weighted by Gasteiger charge is -2.29. The van der Waals surface area contributed by atoms with Crippen LogP contribution in [0.15, 0.2) is 42.5 Å². The van der Waals surface area contributed by atoms with Crippen LogP contribution >= 0.6 is 0 Å². The summed E-state index contributed by atoms with van der Waals surface area (Å²) in [7, 11) is 1.67. The molecule has 1 N–H and O–H groups in total. The molecule has 6 heteroatoms. The molecule has 0 aromatic heterocycles. The summed E-state index contributed by atoms with van der Waals surface area (Å²) in [5, 5.41) is 3.16. The number of anilines is 1. The molecule has 2 aliphatic heterocycles. The van der Waals surface area contributed by atoms with Gasteiger partial charge in [0, 0.05) is 25.2 Å². The number of aryl methyl sites for hydroxylation is 1. The zero-order valence-electron chi connectivity index (χ0n) is 19.3. The van der Waals surface area contributed by atoms with E-state index in [-0.39, 0.29) is 30.2 Å². The second kappa shape index (κ2) is 9.74. The van der Waals surface area contributed by atoms with Gasteiger partial charge in [0.25, 0.3) is 0 Å². The standard InChI is InChI=1S/C26H33N3O3/c1-18-8-6-11-23(19(18)2)29-17-21(15-25(29)30)26(31)27-16-24(28-12-4-5-13-28)20-9-7-10-22(14-20)32-3/h6-11,14,21,24H,4-5,12-13,15-17H2,1-3H3,(H,27,31)/t21-,24-/m0/s1. The average Bonchev–Trinajstić information content (AvgIpc) is 3.46. The van der Waals surface area contributed by atoms with E-state index in [9.17, 15) is 9.59 Å². The molecule has 170 valence electrons. The van der Waals surface area contributed by atoms with Crippen LogP contribution < -0.4 is 15.0 Å². The summed E-state index contributed by atoms with van der Waals surface area (Å²) in [4.78, 5) is 30.0. The van der Waals surface area contributed by atoms with Gasteiger partial charge in [-0.05, 0) is 74.7 Å². The first-order valence-electron chi connectivity index (χ1n) is 11.5. The summed E-state index contributed by atoms with van der Waals surface area (Å²) in [6, 6.07) is 14.2. The number of methoxy groups -OCH3 is 1. The Bertz CT molecular complexity index is 984. The van der Waals surface area contributed by atoms with Crippen LogP contribution in [-0.2, 0) is 9.59 Å². The van der Waals surface area contributed by atoms with Gasteiger partial charge in [-0.2, -0.15) is 0 Å². The monoisotopic (exact) mass is 435 g/mol. The molecule has 0 bridgehead atoms. The minimum absolute atomic E-state index is 0.0164. The van der Waals surface area contributed by atoms with Crippen LogP contribution in [0.2, 0.25) is 0 Å². The first kappa shape index (κ1) is 22.3. The number of nitrogens with one attached hydrogen (secondary N) is 1. The maximum Gasteiger partial charge on any atom is 0.227 e. The maximum atomic E-state index is 13.1. The number of carbonyl (C=O) groups is 2. The smallest absolute Gasteiger partial charge is 0.227 e. The lowest BCUT2D eigenvalue weighted by Crippen LogP contribution is -2.40. The van der Waals surface area contributed by atoms with E-state index in [0.717, 1.165) is 41.2 Å². The zero-order chi connectivity index (χ0) is 22.7. The molecule has 0 radical (unpaired) electrons. The Morgan fingerprint density at radius 1 is 1.16 bits per heavy atom. The van der Waals surface area contributed by atoms with Crippen molar-refractivity contribution in [2.24, 2.45) is 5.92 Å². The molecule has 2 heterocycles. The number of nitrogens with zero attached hydrogens (tertiary/aromatic N) is 2. The van der Waals surface area contributed by atoms with Crippen LogP contribution in [0.1, 0.15) is 42.0 Å². The highest BCUT2D eigenvalue weighted by Gasteiger charge is 2.36. The molecule has 0 unspecified atom stereocenters. The number of rotatable bonds is 7. The van der Waals surface area contributed by atoms with Gasteiger partial charge in [-0.15, -0.1) is 0 Å². The fourth-order valence-corrected chi connectivity index (χ4v) is 4.85. The van der Waals surface area contributed by atoms with Crippen LogP contribution in [0.5, 0.6) is 5.75 Å². The maximum absolute atomic E-state index is 13.1. The van der Waals surface area contributed by atoms with Crippen molar-refractivity contribution < 1.29 is 14.3 Å². The first-order chi connectivity index (χ1) is 15.5. The molecule has 2 aromatic carbocycles. The van der Waals surface area contributed by atoms with Gasteiger partial charge in [-0.1, -0.05) is 24.3 Å². The van der Waals surface area contributed by atoms with Crippen LogP contribution in [0, 0.1) is 19.8 Å². The Labute approximate surface area is 190 Å². The van der Waals surface area contributed by atoms with Crippen molar-refractivity contribution in [3.63, 3.8) is 0 Å². The highest BCUT2D eigenvalue weighted by atomic mass is 16.5. The topological polar surface area (TPSA) is 61.9 Å². The largest absolute Gasteiger partial charge is 0.497 e. The lowest BCUT2D eigenvalue weighted by molar-refractivity contribution is -0.126. The van der Waals surface area contributed by atoms with Gasteiger partial charge in [0.05, 0.1) is 19.1 Å². The van der Waals surface area contributed by atoms with Crippen molar-refractivity contribution in [1.82, 2.24) is 10.2 Å². The van der Waals surface area contributed by atoms with Crippen molar-refractivity contribution in [2.75, 3.05) is 38.2 Å². The first-order valence-corrected chi connectivity index (χ1v) is 11.5. The molecule has 6 nitrogen and oxygen atoms in total. The van der Waals surface area contributed by atoms with Crippen LogP contribution in [0.3, 0.4) is 0 Å². The van der Waals surface area contributed by atoms with Gasteiger partial charge < -0.3 is 15.0 Å². The summed E-state index contributed by atoms with van der Waals surface area (Å²) in [6.45, 7) is 7.09. The lowest BCUT2D eigenvalue weighted by atomic mass is 10.0. The molecular formula is C26H33N3O3. The van der Waals surface area contributed by atoms with Crippen molar-refractivity contribution in [2.45, 2.75) is 39.2 Å². The molecule has 2 aliphatic rings. The molecular weight excluding hydrogens is 402 g/mol. The molecule has 0 spiro atoms. The number of carbonyl (C=O) groups excluding carboxylic acids is 2. The van der Waals surface area contributed by atoms with Gasteiger partial charge >= 0.3 is 0 Å². The number of amides is 2. The quantitative estimate of drug-likeness (QED) is 0.722. The average molecular weight is 436 g/mol. The highest BCUT2D eigenvalue weighted by molar-refractivity contribution is 6.00. The van der Waals surface area contributed by atoms with Crippen molar-refractivity contribution in [3.05, 3.63) is 59.2 Å². The van der Waals surface area contributed by atoms with Crippen molar-refractivity contribution >= 4 is 17.5 Å². The SMILES string of the molecule is COc1cccc([C@H](CNC(=O)[C@H]2CC(=O)N(c3cccc(C)c3C)C2)N2CCCC2)c1. The number of benzene rings is 2. The number of hydrogen-bond acceptors (Lipinski definition) is 4. The number of likely N-dealkylation sites (tertiary alicyclic amines) is 1. The van der Waals surface area contributed by atoms with Crippen molar-refractivity contribution in [1.29, 1.82) is 0 Å². The third-order valence-corrected chi connectivity index (χ3v) is 6.89. The molecule has 2 aromatic rings. The molecule has 2 amide bonds. The molecule has 2 fully saturated rings. The van der Waals surface area contributed by atoms with Crippen LogP contribution in [-0.4, -0.2) is 50.0 Å². The third-order valence-electron chi connectivity index (χ3n) is 6.89. The summed E-state index contributed by atoms with van der Waals surface area (Å²) in [5.74, 6) is 0.469. The van der Waals surface area contributed by atoms with E-state index in [1.54, 1.807) is 12.0 Å². The normalized spacial score (nSPS) is 19.9. The molecule has 2 saturated heterocycles. The molecule has 4 rings (SSSR count). The van der Waals surface area contributed by atoms with Crippen molar-refractivity contribution in [3.8, 4) is 5.75 Å². The molecule has 32 heavy (non-hydrogen) atoms. The predicted molar refractivity (Wildman–Crippen MR) is 126 cm³/mol. The Kier molecular flexibility index (Phi) is 6.80. The summed E-state index contributed by atoms with van der Waals surface area (Å²) < 4.78 is 5.41. The second-order valence-electron chi connectivity index (χ2n) is 8.91. The molecule has 0 aliphatic carbocycles. The second-order valence-corrected chi connectivity index (χ2v) is 8.91. The van der Waals surface area contributed by atoms with Gasteiger partial charge in [0.1, 0.15) is 5.75 Å². The van der Waals surface area contributed by atoms with E-state index in [1.807, 2.05) is 44.2 Å². The minimum atomic E-state index is -0.327. The minimum Gasteiger partial charge on any atom is -0.497 e. The van der Waals surface area contributed by atoms with Gasteiger partial charge in [0.15, 0.2) is 0 Å². The summed E-state index contributed by atoms with van der Waals surface area (Å²) >= 11 is 0. The Morgan fingerprint density at radius 2 is 1.91 bits per heavy atom. The Hall–Kier alpha value is -2.86. The number of hydrogen-bond donors (Lipinski definition) is 1.